The summed E-state index contributed by atoms with van der Waals surface area (Å²) in [4.78, 5) is 40.9. The molecule has 1 N–H and O–H groups in total. The maximum Gasteiger partial charge on any atom is 0.420 e. The Hall–Kier alpha value is -4.38. The topological polar surface area (TPSA) is 109 Å². The van der Waals surface area contributed by atoms with Crippen LogP contribution in [0.1, 0.15) is 63.7 Å². The molecule has 0 fully saturated rings. The minimum Gasteiger partial charge on any atom is -0.497 e. The molecule has 1 aromatic heterocycles. The lowest BCUT2D eigenvalue weighted by atomic mass is 10.1. The van der Waals surface area contributed by atoms with Crippen LogP contribution in [0.2, 0.25) is 0 Å². The zero-order valence-corrected chi connectivity index (χ0v) is 28.4. The highest BCUT2D eigenvalue weighted by molar-refractivity contribution is 5.97. The van der Waals surface area contributed by atoms with Gasteiger partial charge in [-0.05, 0) is 61.8 Å². The van der Waals surface area contributed by atoms with Crippen LogP contribution in [0.3, 0.4) is 0 Å². The van der Waals surface area contributed by atoms with Gasteiger partial charge in [-0.2, -0.15) is 4.98 Å². The number of carbonyl (C=O) groups excluding carboxylic acids is 2. The number of amides is 2. The van der Waals surface area contributed by atoms with Crippen LogP contribution in [-0.4, -0.2) is 85.8 Å². The molecular weight excluding hydrogens is 584 g/mol. The van der Waals surface area contributed by atoms with E-state index in [4.69, 9.17) is 14.2 Å². The summed E-state index contributed by atoms with van der Waals surface area (Å²) >= 11 is 0. The third kappa shape index (κ3) is 10.6. The molecule has 0 saturated carbocycles. The number of benzene rings is 2. The van der Waals surface area contributed by atoms with E-state index in [0.717, 1.165) is 45.3 Å². The Bertz CT molecular complexity index is 1380. The largest absolute Gasteiger partial charge is 0.497 e. The number of hydrogen-bond donors (Lipinski definition) is 1. The third-order valence-electron chi connectivity index (χ3n) is 7.71. The van der Waals surface area contributed by atoms with Crippen molar-refractivity contribution in [3.05, 3.63) is 60.3 Å². The molecule has 0 atom stereocenters. The van der Waals surface area contributed by atoms with Crippen LogP contribution in [0, 0.1) is 5.92 Å². The molecular formula is C35H50N6O5. The van der Waals surface area contributed by atoms with Crippen LogP contribution in [0.25, 0.3) is 0 Å². The average molecular weight is 635 g/mol. The molecule has 11 heteroatoms. The fourth-order valence-corrected chi connectivity index (χ4v) is 4.85. The summed E-state index contributed by atoms with van der Waals surface area (Å²) < 4.78 is 16.7. The fraction of sp³-hybridized carbons (Fsp3) is 0.486. The number of hydrogen-bond acceptors (Lipinski definition) is 9. The van der Waals surface area contributed by atoms with E-state index in [-0.39, 0.29) is 18.5 Å². The number of unbranched alkanes of at least 4 members (excludes halogenated alkanes) is 2. The molecule has 0 saturated heterocycles. The lowest BCUT2D eigenvalue weighted by molar-refractivity contribution is 0.0779. The summed E-state index contributed by atoms with van der Waals surface area (Å²) in [6.45, 7) is 12.3. The van der Waals surface area contributed by atoms with Gasteiger partial charge < -0.3 is 29.3 Å². The second kappa shape index (κ2) is 18.6. The number of nitrogens with zero attached hydrogens (tertiary/aromatic N) is 5. The Kier molecular flexibility index (Phi) is 14.6. The van der Waals surface area contributed by atoms with E-state index in [1.807, 2.05) is 7.05 Å². The highest BCUT2D eigenvalue weighted by Crippen LogP contribution is 2.36. The molecule has 0 radical (unpaired) electrons. The van der Waals surface area contributed by atoms with Crippen LogP contribution in [0.4, 0.5) is 27.9 Å². The van der Waals surface area contributed by atoms with E-state index in [0.29, 0.717) is 46.7 Å². The Morgan fingerprint density at radius 3 is 2.30 bits per heavy atom. The van der Waals surface area contributed by atoms with E-state index in [1.165, 1.54) is 12.0 Å². The van der Waals surface area contributed by atoms with Crippen LogP contribution >= 0.6 is 0 Å². The van der Waals surface area contributed by atoms with Gasteiger partial charge in [0.1, 0.15) is 17.3 Å². The first-order valence-electron chi connectivity index (χ1n) is 16.1. The van der Waals surface area contributed by atoms with E-state index in [1.54, 1.807) is 66.7 Å². The van der Waals surface area contributed by atoms with Crippen molar-refractivity contribution < 1.29 is 23.8 Å². The molecule has 3 rings (SSSR count). The molecule has 0 aliphatic carbocycles. The number of rotatable bonds is 18. The van der Waals surface area contributed by atoms with E-state index in [9.17, 15) is 9.59 Å². The molecule has 2 aromatic carbocycles. The molecule has 46 heavy (non-hydrogen) atoms. The molecule has 250 valence electrons. The monoisotopic (exact) mass is 634 g/mol. The summed E-state index contributed by atoms with van der Waals surface area (Å²) in [6, 6.07) is 14.0. The van der Waals surface area contributed by atoms with E-state index in [2.05, 4.69) is 47.9 Å². The lowest BCUT2D eigenvalue weighted by Gasteiger charge is -2.24. The molecule has 0 aliphatic heterocycles. The van der Waals surface area contributed by atoms with E-state index < -0.39 is 6.09 Å². The van der Waals surface area contributed by atoms with Gasteiger partial charge in [-0.15, -0.1) is 0 Å². The zero-order valence-electron chi connectivity index (χ0n) is 28.4. The standard InChI is InChI=1S/C35H50N6O5/c1-8-40(9-2)23-22-39(5)33(42)27-14-16-28(17-15-27)37-34-36-21-20-32(38-34)41(30-19-18-29(44-6)25-31(30)45-7)35(43)46-24-12-10-11-13-26(3)4/h14-21,25-26H,8-13,22-24H2,1-7H3,(H,36,37,38). The molecule has 0 bridgehead atoms. The van der Waals surface area contributed by atoms with Gasteiger partial charge in [0.2, 0.25) is 5.95 Å². The van der Waals surface area contributed by atoms with Crippen LogP contribution in [0.5, 0.6) is 11.5 Å². The quantitative estimate of drug-likeness (QED) is 0.146. The maximum absolute atomic E-state index is 13.5. The van der Waals surface area contributed by atoms with Gasteiger partial charge in [0, 0.05) is 49.7 Å². The fourth-order valence-electron chi connectivity index (χ4n) is 4.85. The molecule has 0 spiro atoms. The van der Waals surface area contributed by atoms with Gasteiger partial charge in [0.15, 0.2) is 0 Å². The summed E-state index contributed by atoms with van der Waals surface area (Å²) in [7, 11) is 4.91. The van der Waals surface area contributed by atoms with Crippen molar-refractivity contribution in [3.8, 4) is 11.5 Å². The first kappa shape index (κ1) is 36.1. The van der Waals surface area contributed by atoms with Gasteiger partial charge >= 0.3 is 6.09 Å². The Morgan fingerprint density at radius 2 is 1.65 bits per heavy atom. The molecule has 2 amide bonds. The zero-order chi connectivity index (χ0) is 33.5. The van der Waals surface area contributed by atoms with Crippen molar-refractivity contribution >= 4 is 35.1 Å². The maximum atomic E-state index is 13.5. The third-order valence-corrected chi connectivity index (χ3v) is 7.71. The molecule has 0 aliphatic rings. The summed E-state index contributed by atoms with van der Waals surface area (Å²) in [5, 5.41) is 3.18. The normalized spacial score (nSPS) is 11.0. The summed E-state index contributed by atoms with van der Waals surface area (Å²) in [5.74, 6) is 2.18. The van der Waals surface area contributed by atoms with Crippen molar-refractivity contribution in [1.82, 2.24) is 19.8 Å². The predicted molar refractivity (Wildman–Crippen MR) is 183 cm³/mol. The second-order valence-corrected chi connectivity index (χ2v) is 11.4. The van der Waals surface area contributed by atoms with Crippen molar-refractivity contribution in [2.75, 3.05) is 64.3 Å². The molecule has 11 nitrogen and oxygen atoms in total. The number of aromatic nitrogens is 2. The number of likely N-dealkylation sites (N-methyl/N-ethyl adjacent to an activating group) is 2. The average Bonchev–Trinajstić information content (AvgIpc) is 3.07. The van der Waals surface area contributed by atoms with Crippen molar-refractivity contribution in [2.45, 2.75) is 53.4 Å². The minimum absolute atomic E-state index is 0.0422. The number of nitrogens with one attached hydrogen (secondary N) is 1. The highest BCUT2D eigenvalue weighted by Gasteiger charge is 2.25. The first-order valence-corrected chi connectivity index (χ1v) is 16.1. The van der Waals surface area contributed by atoms with Crippen molar-refractivity contribution in [2.24, 2.45) is 5.92 Å². The highest BCUT2D eigenvalue weighted by atomic mass is 16.6. The minimum atomic E-state index is -0.579. The smallest absolute Gasteiger partial charge is 0.420 e. The number of carbonyl (C=O) groups is 2. The number of anilines is 4. The van der Waals surface area contributed by atoms with Gasteiger partial charge in [0.05, 0.1) is 26.5 Å². The van der Waals surface area contributed by atoms with Crippen molar-refractivity contribution in [3.63, 3.8) is 0 Å². The van der Waals surface area contributed by atoms with Gasteiger partial charge in [0.25, 0.3) is 5.91 Å². The second-order valence-electron chi connectivity index (χ2n) is 11.4. The van der Waals surface area contributed by atoms with Crippen LogP contribution in [0.15, 0.2) is 54.7 Å². The Balaban J connectivity index is 1.77. The van der Waals surface area contributed by atoms with Crippen LogP contribution in [-0.2, 0) is 4.74 Å². The number of ether oxygens (including phenoxy) is 3. The SMILES string of the molecule is CCN(CC)CCN(C)C(=O)c1ccc(Nc2nccc(N(C(=O)OCCCCCC(C)C)c3ccc(OC)cc3OC)n2)cc1. The number of methoxy groups -OCH3 is 2. The molecule has 0 unspecified atom stereocenters. The summed E-state index contributed by atoms with van der Waals surface area (Å²) in [6.07, 6.45) is 4.98. The van der Waals surface area contributed by atoms with Crippen molar-refractivity contribution in [1.29, 1.82) is 0 Å². The predicted octanol–water partition coefficient (Wildman–Crippen LogP) is 7.14. The summed E-state index contributed by atoms with van der Waals surface area (Å²) in [5.41, 5.74) is 1.73. The lowest BCUT2D eigenvalue weighted by Crippen LogP contribution is -2.36. The Morgan fingerprint density at radius 1 is 0.913 bits per heavy atom. The molecule has 3 aromatic rings. The van der Waals surface area contributed by atoms with Gasteiger partial charge in [-0.1, -0.05) is 47.0 Å². The first-order chi connectivity index (χ1) is 22.2. The molecule has 1 heterocycles. The van der Waals surface area contributed by atoms with Crippen LogP contribution < -0.4 is 19.7 Å². The van der Waals surface area contributed by atoms with E-state index >= 15 is 0 Å². The van der Waals surface area contributed by atoms with Gasteiger partial charge in [-0.3, -0.25) is 4.79 Å². The van der Waals surface area contributed by atoms with Gasteiger partial charge in [-0.25, -0.2) is 14.7 Å². The Labute approximate surface area is 273 Å².